The molecule has 4 rings (SSSR count). The number of unbranched alkanes of at least 4 members (excludes halogenated alkanes) is 2. The van der Waals surface area contributed by atoms with Gasteiger partial charge in [0.15, 0.2) is 5.65 Å². The Labute approximate surface area is 200 Å². The number of amides is 1. The molecule has 3 aromatic rings. The molecule has 182 valence electrons. The molecule has 1 saturated heterocycles. The molecule has 1 N–H and O–H groups in total. The van der Waals surface area contributed by atoms with Gasteiger partial charge in [0.05, 0.1) is 26.1 Å². The molecule has 3 heterocycles. The summed E-state index contributed by atoms with van der Waals surface area (Å²) in [5.41, 5.74) is 3.39. The summed E-state index contributed by atoms with van der Waals surface area (Å²) in [7, 11) is 1.67. The lowest BCUT2D eigenvalue weighted by Crippen LogP contribution is -2.37. The van der Waals surface area contributed by atoms with E-state index in [4.69, 9.17) is 19.4 Å². The minimum atomic E-state index is 0.0844. The van der Waals surface area contributed by atoms with E-state index in [-0.39, 0.29) is 11.9 Å². The number of carbonyl (C=O) groups excluding carboxylic acids is 1. The molecule has 0 aliphatic carbocycles. The van der Waals surface area contributed by atoms with Crippen LogP contribution in [0.3, 0.4) is 0 Å². The smallest absolute Gasteiger partial charge is 0.228 e. The number of rotatable bonds is 10. The van der Waals surface area contributed by atoms with E-state index in [1.54, 1.807) is 7.05 Å². The van der Waals surface area contributed by atoms with Crippen LogP contribution in [0.4, 0.5) is 5.95 Å². The standard InChI is InChI=1S/C25H34N6O3/c1-18(2)31-17-27-23-22(28-25(29-24(23)31)30-11-14-33-15-12-30)19-8-7-9-20(16-19)34-13-6-4-5-10-21(32)26-3/h7-9,16-18H,4-6,10-15H2,1-3H3,(H,26,32). The summed E-state index contributed by atoms with van der Waals surface area (Å²) in [6.07, 6.45) is 5.12. The van der Waals surface area contributed by atoms with Crippen LogP contribution in [-0.4, -0.2) is 65.4 Å². The molecule has 9 nitrogen and oxygen atoms in total. The van der Waals surface area contributed by atoms with Crippen molar-refractivity contribution in [1.82, 2.24) is 24.8 Å². The number of morpholine rings is 1. The van der Waals surface area contributed by atoms with E-state index >= 15 is 0 Å². The lowest BCUT2D eigenvalue weighted by Gasteiger charge is -2.27. The highest BCUT2D eigenvalue weighted by atomic mass is 16.5. The fourth-order valence-corrected chi connectivity index (χ4v) is 4.00. The maximum absolute atomic E-state index is 11.3. The highest BCUT2D eigenvalue weighted by Gasteiger charge is 2.21. The Kier molecular flexibility index (Phi) is 7.95. The minimum Gasteiger partial charge on any atom is -0.494 e. The van der Waals surface area contributed by atoms with Gasteiger partial charge in [0, 0.05) is 38.2 Å². The topological polar surface area (TPSA) is 94.4 Å². The van der Waals surface area contributed by atoms with Crippen LogP contribution in [0.15, 0.2) is 30.6 Å². The number of aromatic nitrogens is 4. The van der Waals surface area contributed by atoms with Gasteiger partial charge < -0.3 is 24.3 Å². The van der Waals surface area contributed by atoms with E-state index in [2.05, 4.69) is 33.6 Å². The first-order valence-electron chi connectivity index (χ1n) is 12.1. The van der Waals surface area contributed by atoms with Crippen molar-refractivity contribution in [3.8, 4) is 17.0 Å². The fourth-order valence-electron chi connectivity index (χ4n) is 4.00. The normalized spacial score (nSPS) is 14.1. The number of imidazole rings is 1. The predicted molar refractivity (Wildman–Crippen MR) is 132 cm³/mol. The number of fused-ring (bicyclic) bond motifs is 1. The molecule has 1 amide bonds. The Morgan fingerprint density at radius 2 is 2.00 bits per heavy atom. The van der Waals surface area contributed by atoms with Crippen molar-refractivity contribution in [2.24, 2.45) is 0 Å². The van der Waals surface area contributed by atoms with Crippen LogP contribution in [-0.2, 0) is 9.53 Å². The van der Waals surface area contributed by atoms with Gasteiger partial charge in [0.1, 0.15) is 17.0 Å². The SMILES string of the molecule is CNC(=O)CCCCCOc1cccc(-c2nc(N3CCOCC3)nc3c2ncn3C(C)C)c1. The highest BCUT2D eigenvalue weighted by molar-refractivity contribution is 5.88. The van der Waals surface area contributed by atoms with Crippen LogP contribution in [0.1, 0.15) is 45.6 Å². The second kappa shape index (κ2) is 11.3. The molecule has 34 heavy (non-hydrogen) atoms. The van der Waals surface area contributed by atoms with Gasteiger partial charge in [-0.15, -0.1) is 0 Å². The molecule has 0 atom stereocenters. The van der Waals surface area contributed by atoms with E-state index in [1.807, 2.05) is 30.6 Å². The summed E-state index contributed by atoms with van der Waals surface area (Å²) in [6, 6.07) is 8.24. The zero-order chi connectivity index (χ0) is 23.9. The van der Waals surface area contributed by atoms with Gasteiger partial charge in [-0.05, 0) is 45.2 Å². The summed E-state index contributed by atoms with van der Waals surface area (Å²) >= 11 is 0. The fraction of sp³-hybridized carbons (Fsp3) is 0.520. The molecule has 9 heteroatoms. The van der Waals surface area contributed by atoms with Gasteiger partial charge in [-0.3, -0.25) is 4.79 Å². The van der Waals surface area contributed by atoms with Crippen molar-refractivity contribution in [3.63, 3.8) is 0 Å². The molecule has 1 aliphatic heterocycles. The van der Waals surface area contributed by atoms with Gasteiger partial charge in [-0.1, -0.05) is 12.1 Å². The molecule has 0 unspecified atom stereocenters. The van der Waals surface area contributed by atoms with Crippen molar-refractivity contribution in [1.29, 1.82) is 0 Å². The van der Waals surface area contributed by atoms with Crippen LogP contribution < -0.4 is 15.0 Å². The number of hydrogen-bond donors (Lipinski definition) is 1. The predicted octanol–water partition coefficient (Wildman–Crippen LogP) is 3.60. The summed E-state index contributed by atoms with van der Waals surface area (Å²) in [5, 5.41) is 2.65. The molecule has 2 aromatic heterocycles. The molecule has 1 aliphatic rings. The Balaban J connectivity index is 1.54. The van der Waals surface area contributed by atoms with Crippen LogP contribution in [0.2, 0.25) is 0 Å². The Hall–Kier alpha value is -3.20. The average molecular weight is 467 g/mol. The number of benzene rings is 1. The Bertz CT molecular complexity index is 1110. The zero-order valence-corrected chi connectivity index (χ0v) is 20.3. The van der Waals surface area contributed by atoms with E-state index in [0.29, 0.717) is 32.2 Å². The molecule has 0 spiro atoms. The van der Waals surface area contributed by atoms with Crippen molar-refractivity contribution in [2.45, 2.75) is 45.6 Å². The lowest BCUT2D eigenvalue weighted by atomic mass is 10.1. The zero-order valence-electron chi connectivity index (χ0n) is 20.3. The summed E-state index contributed by atoms with van der Waals surface area (Å²) in [4.78, 5) is 28.0. The lowest BCUT2D eigenvalue weighted by molar-refractivity contribution is -0.120. The second-order valence-electron chi connectivity index (χ2n) is 8.75. The average Bonchev–Trinajstić information content (AvgIpc) is 3.30. The summed E-state index contributed by atoms with van der Waals surface area (Å²) in [6.45, 7) is 7.74. The van der Waals surface area contributed by atoms with Gasteiger partial charge >= 0.3 is 0 Å². The first-order valence-corrected chi connectivity index (χ1v) is 12.1. The number of anilines is 1. The molecular formula is C25H34N6O3. The first kappa shape index (κ1) is 23.9. The van der Waals surface area contributed by atoms with Crippen molar-refractivity contribution < 1.29 is 14.3 Å². The maximum atomic E-state index is 11.3. The summed E-state index contributed by atoms with van der Waals surface area (Å²) in [5.74, 6) is 1.59. The molecule has 0 bridgehead atoms. The third kappa shape index (κ3) is 5.64. The van der Waals surface area contributed by atoms with E-state index in [9.17, 15) is 4.79 Å². The number of carbonyl (C=O) groups is 1. The number of nitrogens with zero attached hydrogens (tertiary/aromatic N) is 5. The van der Waals surface area contributed by atoms with Crippen LogP contribution in [0.25, 0.3) is 22.4 Å². The molecule has 0 saturated carbocycles. The third-order valence-corrected chi connectivity index (χ3v) is 5.96. The largest absolute Gasteiger partial charge is 0.494 e. The number of nitrogens with one attached hydrogen (secondary N) is 1. The van der Waals surface area contributed by atoms with E-state index in [1.165, 1.54) is 0 Å². The van der Waals surface area contributed by atoms with Crippen LogP contribution in [0, 0.1) is 0 Å². The Morgan fingerprint density at radius 3 is 2.76 bits per heavy atom. The van der Waals surface area contributed by atoms with Gasteiger partial charge in [-0.2, -0.15) is 4.98 Å². The van der Waals surface area contributed by atoms with Gasteiger partial charge in [0.25, 0.3) is 0 Å². The van der Waals surface area contributed by atoms with E-state index < -0.39 is 0 Å². The molecule has 0 radical (unpaired) electrons. The number of hydrogen-bond acceptors (Lipinski definition) is 7. The Morgan fingerprint density at radius 1 is 1.18 bits per heavy atom. The summed E-state index contributed by atoms with van der Waals surface area (Å²) < 4.78 is 13.6. The van der Waals surface area contributed by atoms with E-state index in [0.717, 1.165) is 60.5 Å². The van der Waals surface area contributed by atoms with Crippen molar-refractivity contribution in [3.05, 3.63) is 30.6 Å². The van der Waals surface area contributed by atoms with Crippen molar-refractivity contribution >= 4 is 23.0 Å². The molecular weight excluding hydrogens is 432 g/mol. The first-order chi connectivity index (χ1) is 16.6. The quantitative estimate of drug-likeness (QED) is 0.456. The molecule has 1 fully saturated rings. The van der Waals surface area contributed by atoms with Crippen LogP contribution >= 0.6 is 0 Å². The van der Waals surface area contributed by atoms with Crippen molar-refractivity contribution in [2.75, 3.05) is 44.9 Å². The second-order valence-corrected chi connectivity index (χ2v) is 8.75. The van der Waals surface area contributed by atoms with Gasteiger partial charge in [-0.25, -0.2) is 9.97 Å². The van der Waals surface area contributed by atoms with Crippen LogP contribution in [0.5, 0.6) is 5.75 Å². The maximum Gasteiger partial charge on any atom is 0.228 e. The minimum absolute atomic E-state index is 0.0844. The third-order valence-electron chi connectivity index (χ3n) is 5.96. The monoisotopic (exact) mass is 466 g/mol. The molecule has 1 aromatic carbocycles. The number of ether oxygens (including phenoxy) is 2. The van der Waals surface area contributed by atoms with Gasteiger partial charge in [0.2, 0.25) is 11.9 Å². The highest BCUT2D eigenvalue weighted by Crippen LogP contribution is 2.31.